The summed E-state index contributed by atoms with van der Waals surface area (Å²) in [4.78, 5) is 3.83. The number of ether oxygens (including phenoxy) is 1. The average molecular weight is 201 g/mol. The van der Waals surface area contributed by atoms with Crippen LogP contribution in [0.4, 0.5) is 5.69 Å². The van der Waals surface area contributed by atoms with Crippen molar-refractivity contribution >= 4 is 17.3 Å². The number of halogens is 1. The number of anilines is 1. The van der Waals surface area contributed by atoms with Crippen LogP contribution in [0, 0.1) is 0 Å². The molecule has 0 aliphatic heterocycles. The molecule has 0 spiro atoms. The smallest absolute Gasteiger partial charge is 0.155 e. The van der Waals surface area contributed by atoms with E-state index in [0.29, 0.717) is 23.2 Å². The largest absolute Gasteiger partial charge is 0.491 e. The van der Waals surface area contributed by atoms with Gasteiger partial charge in [-0.15, -0.1) is 0 Å². The van der Waals surface area contributed by atoms with Gasteiger partial charge in [0.05, 0.1) is 6.61 Å². The summed E-state index contributed by atoms with van der Waals surface area (Å²) < 4.78 is 5.41. The van der Waals surface area contributed by atoms with Gasteiger partial charge in [0.15, 0.2) is 5.15 Å². The second-order valence-electron chi connectivity index (χ2n) is 2.72. The van der Waals surface area contributed by atoms with Crippen LogP contribution in [0.1, 0.15) is 19.8 Å². The number of unbranched alkanes of at least 4 members (excludes halogenated alkanes) is 1. The zero-order chi connectivity index (χ0) is 9.68. The molecule has 0 aliphatic carbocycles. The summed E-state index contributed by atoms with van der Waals surface area (Å²) in [6, 6.07) is 1.72. The molecule has 0 radical (unpaired) electrons. The molecule has 0 fully saturated rings. The van der Waals surface area contributed by atoms with E-state index in [4.69, 9.17) is 22.1 Å². The van der Waals surface area contributed by atoms with Gasteiger partial charge in [0.1, 0.15) is 11.4 Å². The van der Waals surface area contributed by atoms with E-state index >= 15 is 0 Å². The molecule has 4 heteroatoms. The van der Waals surface area contributed by atoms with E-state index < -0.39 is 0 Å². The summed E-state index contributed by atoms with van der Waals surface area (Å²) in [7, 11) is 0. The maximum absolute atomic E-state index is 5.71. The second kappa shape index (κ2) is 4.92. The maximum Gasteiger partial charge on any atom is 0.155 e. The first kappa shape index (κ1) is 10.1. The van der Waals surface area contributed by atoms with Crippen molar-refractivity contribution in [2.45, 2.75) is 19.8 Å². The molecule has 1 aromatic heterocycles. The van der Waals surface area contributed by atoms with Gasteiger partial charge in [0.2, 0.25) is 0 Å². The van der Waals surface area contributed by atoms with E-state index in [1.54, 1.807) is 12.3 Å². The van der Waals surface area contributed by atoms with Crippen molar-refractivity contribution in [2.24, 2.45) is 0 Å². The predicted molar refractivity (Wildman–Crippen MR) is 54.1 cm³/mol. The van der Waals surface area contributed by atoms with Crippen LogP contribution < -0.4 is 10.5 Å². The fourth-order valence-corrected chi connectivity index (χ4v) is 1.03. The maximum atomic E-state index is 5.71. The highest BCUT2D eigenvalue weighted by atomic mass is 35.5. The fraction of sp³-hybridized carbons (Fsp3) is 0.444. The average Bonchev–Trinajstić information content (AvgIpc) is 2.13. The molecule has 0 atom stereocenters. The number of pyridine rings is 1. The van der Waals surface area contributed by atoms with Gasteiger partial charge >= 0.3 is 0 Å². The number of hydrogen-bond acceptors (Lipinski definition) is 3. The number of nitrogen functional groups attached to an aromatic ring is 1. The van der Waals surface area contributed by atoms with Crippen molar-refractivity contribution in [3.8, 4) is 5.75 Å². The summed E-state index contributed by atoms with van der Waals surface area (Å²) in [5, 5.41) is 0.300. The van der Waals surface area contributed by atoms with E-state index in [9.17, 15) is 0 Å². The summed E-state index contributed by atoms with van der Waals surface area (Å²) in [5.41, 5.74) is 6.06. The van der Waals surface area contributed by atoms with Crippen molar-refractivity contribution in [3.63, 3.8) is 0 Å². The van der Waals surface area contributed by atoms with E-state index in [-0.39, 0.29) is 0 Å². The number of nitrogens with zero attached hydrogens (tertiary/aromatic N) is 1. The van der Waals surface area contributed by atoms with Crippen LogP contribution in [0.15, 0.2) is 12.3 Å². The molecule has 0 bridgehead atoms. The van der Waals surface area contributed by atoms with Crippen LogP contribution in [-0.4, -0.2) is 11.6 Å². The lowest BCUT2D eigenvalue weighted by atomic mass is 10.3. The summed E-state index contributed by atoms with van der Waals surface area (Å²) in [6.07, 6.45) is 3.69. The fourth-order valence-electron chi connectivity index (χ4n) is 0.884. The SMILES string of the molecule is CCCCOc1ccnc(Cl)c1N. The highest BCUT2D eigenvalue weighted by Crippen LogP contribution is 2.26. The molecule has 1 rings (SSSR count). The lowest BCUT2D eigenvalue weighted by Crippen LogP contribution is -2.00. The molecule has 0 saturated carbocycles. The molecule has 2 N–H and O–H groups in total. The van der Waals surface area contributed by atoms with E-state index in [1.165, 1.54) is 0 Å². The first-order chi connectivity index (χ1) is 6.25. The van der Waals surface area contributed by atoms with E-state index in [1.807, 2.05) is 0 Å². The molecule has 72 valence electrons. The summed E-state index contributed by atoms with van der Waals surface area (Å²) in [5.74, 6) is 0.619. The van der Waals surface area contributed by atoms with Gasteiger partial charge in [-0.3, -0.25) is 0 Å². The van der Waals surface area contributed by atoms with Crippen molar-refractivity contribution in [1.29, 1.82) is 0 Å². The molecule has 0 saturated heterocycles. The molecule has 0 amide bonds. The molecule has 3 nitrogen and oxygen atoms in total. The molecule has 1 heterocycles. The number of aromatic nitrogens is 1. The number of hydrogen-bond donors (Lipinski definition) is 1. The standard InChI is InChI=1S/C9H13ClN2O/c1-2-3-6-13-7-4-5-12-9(10)8(7)11/h4-5H,2-3,6,11H2,1H3. The van der Waals surface area contributed by atoms with Crippen LogP contribution >= 0.6 is 11.6 Å². The third kappa shape index (κ3) is 2.77. The third-order valence-electron chi connectivity index (χ3n) is 1.66. The van der Waals surface area contributed by atoms with Crippen LogP contribution in [-0.2, 0) is 0 Å². The number of nitrogens with two attached hydrogens (primary N) is 1. The Labute approximate surface area is 82.9 Å². The van der Waals surface area contributed by atoms with Gasteiger partial charge in [-0.05, 0) is 6.42 Å². The Balaban J connectivity index is 2.61. The molecule has 0 aromatic carbocycles. The first-order valence-electron chi connectivity index (χ1n) is 4.28. The Bertz CT molecular complexity index is 278. The third-order valence-corrected chi connectivity index (χ3v) is 1.96. The quantitative estimate of drug-likeness (QED) is 0.600. The van der Waals surface area contributed by atoms with Crippen LogP contribution in [0.5, 0.6) is 5.75 Å². The molecule has 0 unspecified atom stereocenters. The highest BCUT2D eigenvalue weighted by molar-refractivity contribution is 6.32. The van der Waals surface area contributed by atoms with Gasteiger partial charge in [-0.1, -0.05) is 24.9 Å². The Hall–Kier alpha value is -0.960. The highest BCUT2D eigenvalue weighted by Gasteiger charge is 2.03. The Morgan fingerprint density at radius 2 is 2.38 bits per heavy atom. The van der Waals surface area contributed by atoms with Crippen LogP contribution in [0.25, 0.3) is 0 Å². The molecular weight excluding hydrogens is 188 g/mol. The first-order valence-corrected chi connectivity index (χ1v) is 4.66. The van der Waals surface area contributed by atoms with Crippen molar-refractivity contribution < 1.29 is 4.74 Å². The molecule has 1 aromatic rings. The van der Waals surface area contributed by atoms with Gasteiger partial charge in [0, 0.05) is 12.3 Å². The minimum atomic E-state index is 0.300. The number of rotatable bonds is 4. The van der Waals surface area contributed by atoms with Gasteiger partial charge in [-0.25, -0.2) is 4.98 Å². The van der Waals surface area contributed by atoms with Gasteiger partial charge < -0.3 is 10.5 Å². The van der Waals surface area contributed by atoms with Crippen molar-refractivity contribution in [1.82, 2.24) is 4.98 Å². The Morgan fingerprint density at radius 3 is 3.08 bits per heavy atom. The van der Waals surface area contributed by atoms with Crippen LogP contribution in [0.3, 0.4) is 0 Å². The Morgan fingerprint density at radius 1 is 1.62 bits per heavy atom. The lowest BCUT2D eigenvalue weighted by Gasteiger charge is -2.07. The van der Waals surface area contributed by atoms with Crippen molar-refractivity contribution in [2.75, 3.05) is 12.3 Å². The second-order valence-corrected chi connectivity index (χ2v) is 3.07. The zero-order valence-electron chi connectivity index (χ0n) is 7.59. The van der Waals surface area contributed by atoms with E-state index in [2.05, 4.69) is 11.9 Å². The lowest BCUT2D eigenvalue weighted by molar-refractivity contribution is 0.311. The minimum Gasteiger partial charge on any atom is -0.491 e. The summed E-state index contributed by atoms with van der Waals surface area (Å²) in [6.45, 7) is 2.77. The Kier molecular flexibility index (Phi) is 3.83. The molecule has 13 heavy (non-hydrogen) atoms. The van der Waals surface area contributed by atoms with Crippen LogP contribution in [0.2, 0.25) is 5.15 Å². The van der Waals surface area contributed by atoms with Gasteiger partial charge in [-0.2, -0.15) is 0 Å². The van der Waals surface area contributed by atoms with Gasteiger partial charge in [0.25, 0.3) is 0 Å². The van der Waals surface area contributed by atoms with E-state index in [0.717, 1.165) is 12.8 Å². The molecular formula is C9H13ClN2O. The topological polar surface area (TPSA) is 48.1 Å². The monoisotopic (exact) mass is 200 g/mol. The van der Waals surface area contributed by atoms with Crippen molar-refractivity contribution in [3.05, 3.63) is 17.4 Å². The molecule has 0 aliphatic rings. The minimum absolute atomic E-state index is 0.300. The zero-order valence-corrected chi connectivity index (χ0v) is 8.34. The normalized spacial score (nSPS) is 10.0. The predicted octanol–water partition coefficient (Wildman–Crippen LogP) is 2.50. The summed E-state index contributed by atoms with van der Waals surface area (Å²) >= 11 is 5.71.